The fourth-order valence-electron chi connectivity index (χ4n) is 3.63. The number of urea groups is 1. The van der Waals surface area contributed by atoms with Crippen LogP contribution in [0.1, 0.15) is 11.1 Å². The van der Waals surface area contributed by atoms with Gasteiger partial charge in [0.1, 0.15) is 11.6 Å². The molecule has 11 nitrogen and oxygen atoms in total. The second-order valence-electron chi connectivity index (χ2n) is 8.25. The number of carbonyl (C=O) groups is 2. The van der Waals surface area contributed by atoms with Gasteiger partial charge < -0.3 is 32.7 Å². The van der Waals surface area contributed by atoms with Crippen LogP contribution in [0.5, 0.6) is 0 Å². The predicted octanol–water partition coefficient (Wildman–Crippen LogP) is 3.72. The van der Waals surface area contributed by atoms with E-state index in [0.29, 0.717) is 28.7 Å². The van der Waals surface area contributed by atoms with E-state index in [1.807, 2.05) is 54.6 Å². The highest BCUT2D eigenvalue weighted by atomic mass is 35.5. The first kappa shape index (κ1) is 31.3. The van der Waals surface area contributed by atoms with Crippen molar-refractivity contribution in [1.29, 1.82) is 0 Å². The van der Waals surface area contributed by atoms with Gasteiger partial charge >= 0.3 is 6.03 Å². The number of nitrogens with zero attached hydrogens (tertiary/aromatic N) is 4. The Morgan fingerprint density at radius 2 is 1.45 bits per heavy atom. The quantitative estimate of drug-likeness (QED) is 0.244. The summed E-state index contributed by atoms with van der Waals surface area (Å²) in [6, 6.07) is 23.1. The maximum atomic E-state index is 13.1. The van der Waals surface area contributed by atoms with Crippen molar-refractivity contribution >= 4 is 71.2 Å². The average molecular weight is 582 g/mol. The molecule has 1 atom stereocenters. The molecule has 5 rings (SSSR count). The van der Waals surface area contributed by atoms with Crippen LogP contribution < -0.4 is 32.7 Å². The van der Waals surface area contributed by atoms with E-state index in [1.165, 1.54) is 17.3 Å². The number of nitrogens with two attached hydrogens (primary N) is 3. The number of amides is 3. The number of rotatable bonds is 3. The summed E-state index contributed by atoms with van der Waals surface area (Å²) in [5.41, 5.74) is 20.2. The van der Waals surface area contributed by atoms with Crippen LogP contribution in [-0.2, 0) is 4.79 Å². The van der Waals surface area contributed by atoms with E-state index in [4.69, 9.17) is 17.2 Å². The largest absolute Gasteiger partial charge is 0.397 e. The minimum absolute atomic E-state index is 0. The molecule has 4 aromatic rings. The Morgan fingerprint density at radius 1 is 0.825 bits per heavy atom. The molecule has 2 aromatic heterocycles. The molecule has 3 amide bonds. The minimum Gasteiger partial charge on any atom is -0.397 e. The molecular formula is C27H29Cl2N9O2. The van der Waals surface area contributed by atoms with Gasteiger partial charge in [-0.25, -0.2) is 19.8 Å². The maximum absolute atomic E-state index is 13.1. The number of anilines is 5. The Kier molecular flexibility index (Phi) is 11.2. The second kappa shape index (κ2) is 14.3. The van der Waals surface area contributed by atoms with Crippen molar-refractivity contribution in [2.75, 3.05) is 34.5 Å². The number of likely N-dealkylation sites (N-methyl/N-ethyl adjacent to an activating group) is 1. The topological polar surface area (TPSA) is 178 Å². The number of nitrogen functional groups attached to an aromatic ring is 3. The highest BCUT2D eigenvalue weighted by Crippen LogP contribution is 2.27. The Bertz CT molecular complexity index is 1430. The molecule has 1 aliphatic rings. The lowest BCUT2D eigenvalue weighted by atomic mass is 10.0. The number of benzodiazepines with no additional fused rings is 1. The lowest BCUT2D eigenvalue weighted by molar-refractivity contribution is -0.119. The van der Waals surface area contributed by atoms with Gasteiger partial charge in [0, 0.05) is 18.2 Å². The van der Waals surface area contributed by atoms with Gasteiger partial charge in [-0.3, -0.25) is 4.79 Å². The van der Waals surface area contributed by atoms with Gasteiger partial charge in [0.05, 0.1) is 35.2 Å². The number of para-hydroxylation sites is 1. The summed E-state index contributed by atoms with van der Waals surface area (Å²) in [6.07, 6.45) is 1.86. The molecular weight excluding hydrogens is 553 g/mol. The predicted molar refractivity (Wildman–Crippen MR) is 164 cm³/mol. The molecule has 0 saturated heterocycles. The number of hydrogen-bond donors (Lipinski definition) is 5. The number of carbonyl (C=O) groups excluding carboxylic acids is 2. The number of aliphatic imine (C=N–C) groups is 1. The molecule has 3 heterocycles. The normalized spacial score (nSPS) is 13.5. The van der Waals surface area contributed by atoms with Gasteiger partial charge in [0.15, 0.2) is 0 Å². The zero-order valence-corrected chi connectivity index (χ0v) is 23.0. The van der Waals surface area contributed by atoms with E-state index >= 15 is 0 Å². The Hall–Kier alpha value is -4.87. The number of aromatic nitrogens is 2. The molecule has 2 aromatic carbocycles. The summed E-state index contributed by atoms with van der Waals surface area (Å²) < 4.78 is 0. The van der Waals surface area contributed by atoms with E-state index in [2.05, 4.69) is 25.6 Å². The summed E-state index contributed by atoms with van der Waals surface area (Å²) >= 11 is 0. The standard InChI is InChI=1S/C22H20N6O2.C5H7N3.2ClH/c1-28-17-10-6-5-9-16(17)19(14-7-3-2-4-8-14)26-20(21(28)29)27-22(30)25-15-11-12-18(23)24-13-15;6-4-1-2-5(7)8-3-4;;/h2-13,20H,1H3,(H2,23,24)(H2,25,27,30);1-3H,6H2,(H2,7,8);2*1H. The molecule has 208 valence electrons. The Morgan fingerprint density at radius 3 is 2.05 bits per heavy atom. The van der Waals surface area contributed by atoms with Crippen molar-refractivity contribution in [2.24, 2.45) is 4.99 Å². The summed E-state index contributed by atoms with van der Waals surface area (Å²) in [5.74, 6) is 0.495. The van der Waals surface area contributed by atoms with Crippen molar-refractivity contribution in [3.8, 4) is 0 Å². The monoisotopic (exact) mass is 581 g/mol. The minimum atomic E-state index is -1.10. The zero-order valence-electron chi connectivity index (χ0n) is 21.4. The number of nitrogens with one attached hydrogen (secondary N) is 2. The molecule has 40 heavy (non-hydrogen) atoms. The molecule has 0 radical (unpaired) electrons. The summed E-state index contributed by atoms with van der Waals surface area (Å²) in [6.45, 7) is 0. The number of pyridine rings is 2. The smallest absolute Gasteiger partial charge is 0.321 e. The van der Waals surface area contributed by atoms with Gasteiger partial charge in [0.2, 0.25) is 6.17 Å². The van der Waals surface area contributed by atoms with Crippen LogP contribution in [0.15, 0.2) is 96.2 Å². The summed E-state index contributed by atoms with van der Waals surface area (Å²) in [4.78, 5) is 39.4. The molecule has 13 heteroatoms. The van der Waals surface area contributed by atoms with Crippen molar-refractivity contribution < 1.29 is 9.59 Å². The van der Waals surface area contributed by atoms with Crippen LogP contribution in [0.25, 0.3) is 0 Å². The number of hydrogen-bond acceptors (Lipinski definition) is 8. The fraction of sp³-hybridized carbons (Fsp3) is 0.0741. The molecule has 0 fully saturated rings. The van der Waals surface area contributed by atoms with Crippen LogP contribution in [-0.4, -0.2) is 40.8 Å². The second-order valence-corrected chi connectivity index (χ2v) is 8.25. The van der Waals surface area contributed by atoms with Gasteiger partial charge in [-0.2, -0.15) is 0 Å². The zero-order chi connectivity index (χ0) is 27.1. The highest BCUT2D eigenvalue weighted by molar-refractivity contribution is 6.20. The van der Waals surface area contributed by atoms with E-state index < -0.39 is 12.2 Å². The average Bonchev–Trinajstić information content (AvgIpc) is 3.03. The molecule has 0 bridgehead atoms. The number of halogens is 2. The van der Waals surface area contributed by atoms with E-state index in [0.717, 1.165) is 16.8 Å². The lowest BCUT2D eigenvalue weighted by Crippen LogP contribution is -2.47. The van der Waals surface area contributed by atoms with Gasteiger partial charge in [-0.1, -0.05) is 48.5 Å². The summed E-state index contributed by atoms with van der Waals surface area (Å²) in [5, 5.41) is 5.29. The van der Waals surface area contributed by atoms with Gasteiger partial charge in [-0.15, -0.1) is 24.8 Å². The number of benzene rings is 2. The third-order valence-electron chi connectivity index (χ3n) is 5.51. The first-order valence-electron chi connectivity index (χ1n) is 11.6. The van der Waals surface area contributed by atoms with Crippen LogP contribution in [0.2, 0.25) is 0 Å². The molecule has 8 N–H and O–H groups in total. The Balaban J connectivity index is 0.000000485. The summed E-state index contributed by atoms with van der Waals surface area (Å²) in [7, 11) is 1.67. The van der Waals surface area contributed by atoms with Gasteiger partial charge in [0.25, 0.3) is 5.91 Å². The first-order valence-corrected chi connectivity index (χ1v) is 11.6. The van der Waals surface area contributed by atoms with Crippen LogP contribution in [0, 0.1) is 0 Å². The van der Waals surface area contributed by atoms with Crippen LogP contribution in [0.4, 0.5) is 33.5 Å². The van der Waals surface area contributed by atoms with E-state index in [9.17, 15) is 9.59 Å². The van der Waals surface area contributed by atoms with Crippen molar-refractivity contribution in [2.45, 2.75) is 6.17 Å². The molecule has 1 aliphatic heterocycles. The third-order valence-corrected chi connectivity index (χ3v) is 5.51. The van der Waals surface area contributed by atoms with E-state index in [1.54, 1.807) is 31.3 Å². The van der Waals surface area contributed by atoms with Crippen molar-refractivity contribution in [3.05, 3.63) is 102 Å². The van der Waals surface area contributed by atoms with Crippen molar-refractivity contribution in [3.63, 3.8) is 0 Å². The molecule has 1 unspecified atom stereocenters. The van der Waals surface area contributed by atoms with Crippen LogP contribution in [0.3, 0.4) is 0 Å². The first-order chi connectivity index (χ1) is 18.3. The third kappa shape index (κ3) is 7.82. The van der Waals surface area contributed by atoms with Crippen molar-refractivity contribution in [1.82, 2.24) is 15.3 Å². The molecule has 0 spiro atoms. The number of fused-ring (bicyclic) bond motifs is 1. The SMILES string of the molecule is CN1C(=O)C(NC(=O)Nc2ccc(N)nc2)N=C(c2ccccc2)c2ccccc21.Cl.Cl.Nc1ccc(N)nc1. The molecule has 0 saturated carbocycles. The maximum Gasteiger partial charge on any atom is 0.321 e. The van der Waals surface area contributed by atoms with Gasteiger partial charge in [-0.05, 0) is 30.3 Å². The van der Waals surface area contributed by atoms with E-state index in [-0.39, 0.29) is 30.7 Å². The fourth-order valence-corrected chi connectivity index (χ4v) is 3.63. The van der Waals surface area contributed by atoms with Crippen LogP contribution >= 0.6 is 24.8 Å². The highest BCUT2D eigenvalue weighted by Gasteiger charge is 2.30. The lowest BCUT2D eigenvalue weighted by Gasteiger charge is -2.21. The Labute approximate surface area is 243 Å². The molecule has 0 aliphatic carbocycles.